The summed E-state index contributed by atoms with van der Waals surface area (Å²) < 4.78 is 21.8. The number of amides is 2. The van der Waals surface area contributed by atoms with Gasteiger partial charge in [0.25, 0.3) is 0 Å². The predicted molar refractivity (Wildman–Crippen MR) is 132 cm³/mol. The number of aliphatic imine (C=N–C) groups is 1. The summed E-state index contributed by atoms with van der Waals surface area (Å²) in [4.78, 5) is 30.2. The minimum absolute atomic E-state index is 0.0808. The van der Waals surface area contributed by atoms with Crippen LogP contribution in [0.5, 0.6) is 17.2 Å². The molecule has 0 aliphatic carbocycles. The summed E-state index contributed by atoms with van der Waals surface area (Å²) in [5.74, 6) is 0.867. The standard InChI is InChI=1S/C28H26N2O6/c1-33-21-9-5-6-19(14-21)16-34-27(31)25-22(12-10-18-11-13-23-24(15-18)36-17-35-23)29-28(32)30-26(25)20-7-3-2-4-8-20/h2-9,11,13-15,25-26H,10,12,16-17H2,1H3,(H,30,32). The van der Waals surface area contributed by atoms with E-state index in [0.29, 0.717) is 35.8 Å². The number of hydrogen-bond acceptors (Lipinski definition) is 6. The molecule has 2 amide bonds. The number of nitrogens with zero attached hydrogens (tertiary/aromatic N) is 1. The third-order valence-corrected chi connectivity index (χ3v) is 6.25. The van der Waals surface area contributed by atoms with Crippen LogP contribution in [-0.2, 0) is 22.6 Å². The summed E-state index contributed by atoms with van der Waals surface area (Å²) in [5, 5.41) is 2.86. The Bertz CT molecular complexity index is 1290. The summed E-state index contributed by atoms with van der Waals surface area (Å²) in [6.45, 7) is 0.281. The van der Waals surface area contributed by atoms with Gasteiger partial charge in [0.15, 0.2) is 11.5 Å². The highest BCUT2D eigenvalue weighted by molar-refractivity contribution is 6.09. The van der Waals surface area contributed by atoms with Crippen molar-refractivity contribution < 1.29 is 28.5 Å². The second kappa shape index (κ2) is 10.5. The van der Waals surface area contributed by atoms with E-state index in [1.807, 2.05) is 72.8 Å². The highest BCUT2D eigenvalue weighted by Crippen LogP contribution is 2.34. The topological polar surface area (TPSA) is 95.5 Å². The van der Waals surface area contributed by atoms with Crippen molar-refractivity contribution in [2.45, 2.75) is 25.5 Å². The Labute approximate surface area is 208 Å². The number of carbonyl (C=O) groups is 2. The third-order valence-electron chi connectivity index (χ3n) is 6.25. The van der Waals surface area contributed by atoms with Crippen molar-refractivity contribution in [2.24, 2.45) is 10.9 Å². The molecule has 36 heavy (non-hydrogen) atoms. The van der Waals surface area contributed by atoms with Crippen molar-refractivity contribution in [2.75, 3.05) is 13.9 Å². The first-order valence-electron chi connectivity index (χ1n) is 11.7. The number of ether oxygens (including phenoxy) is 4. The molecule has 5 rings (SSSR count). The number of fused-ring (bicyclic) bond motifs is 1. The van der Waals surface area contributed by atoms with Gasteiger partial charge in [0.05, 0.1) is 13.2 Å². The lowest BCUT2D eigenvalue weighted by molar-refractivity contribution is -0.148. The Hall–Kier alpha value is -4.33. The lowest BCUT2D eigenvalue weighted by Gasteiger charge is -2.31. The fraction of sp³-hybridized carbons (Fsp3) is 0.250. The molecule has 0 fully saturated rings. The second-order valence-electron chi connectivity index (χ2n) is 8.57. The lowest BCUT2D eigenvalue weighted by atomic mass is 9.85. The summed E-state index contributed by atoms with van der Waals surface area (Å²) in [5.41, 5.74) is 3.09. The summed E-state index contributed by atoms with van der Waals surface area (Å²) in [6, 6.07) is 21.4. The van der Waals surface area contributed by atoms with E-state index in [4.69, 9.17) is 18.9 Å². The van der Waals surface area contributed by atoms with Crippen molar-refractivity contribution >= 4 is 17.7 Å². The van der Waals surface area contributed by atoms with E-state index in [0.717, 1.165) is 16.7 Å². The predicted octanol–water partition coefficient (Wildman–Crippen LogP) is 4.62. The molecular weight excluding hydrogens is 460 g/mol. The number of nitrogens with one attached hydrogen (secondary N) is 1. The van der Waals surface area contributed by atoms with Crippen LogP contribution in [0.4, 0.5) is 4.79 Å². The molecule has 0 bridgehead atoms. The van der Waals surface area contributed by atoms with Gasteiger partial charge in [-0.05, 0) is 53.8 Å². The van der Waals surface area contributed by atoms with Crippen LogP contribution in [0.1, 0.15) is 29.2 Å². The van der Waals surface area contributed by atoms with Crippen LogP contribution < -0.4 is 19.5 Å². The molecule has 2 atom stereocenters. The van der Waals surface area contributed by atoms with Crippen LogP contribution in [0.25, 0.3) is 0 Å². The van der Waals surface area contributed by atoms with Crippen LogP contribution in [-0.4, -0.2) is 31.6 Å². The van der Waals surface area contributed by atoms with Gasteiger partial charge in [0.1, 0.15) is 18.3 Å². The number of carbonyl (C=O) groups excluding carboxylic acids is 2. The zero-order valence-corrected chi connectivity index (χ0v) is 19.8. The fourth-order valence-electron chi connectivity index (χ4n) is 4.44. The SMILES string of the molecule is COc1cccc(COC(=O)C2C(CCc3ccc4c(c3)OCO4)=NC(=O)NC2c2ccccc2)c1. The highest BCUT2D eigenvalue weighted by Gasteiger charge is 2.39. The Balaban J connectivity index is 1.38. The molecule has 0 aromatic heterocycles. The quantitative estimate of drug-likeness (QED) is 0.467. The molecular formula is C28H26N2O6. The molecule has 1 N–H and O–H groups in total. The summed E-state index contributed by atoms with van der Waals surface area (Å²) in [7, 11) is 1.59. The van der Waals surface area contributed by atoms with Gasteiger partial charge in [-0.15, -0.1) is 0 Å². The molecule has 0 saturated heterocycles. The Morgan fingerprint density at radius 3 is 2.64 bits per heavy atom. The van der Waals surface area contributed by atoms with Crippen molar-refractivity contribution in [3.05, 3.63) is 89.5 Å². The minimum atomic E-state index is -0.760. The van der Waals surface area contributed by atoms with Gasteiger partial charge < -0.3 is 24.3 Å². The number of urea groups is 1. The number of methoxy groups -OCH3 is 1. The molecule has 2 aliphatic heterocycles. The largest absolute Gasteiger partial charge is 0.497 e. The minimum Gasteiger partial charge on any atom is -0.497 e. The smallest absolute Gasteiger partial charge is 0.341 e. The van der Waals surface area contributed by atoms with Gasteiger partial charge in [-0.2, -0.15) is 0 Å². The molecule has 3 aromatic carbocycles. The van der Waals surface area contributed by atoms with Gasteiger partial charge in [-0.1, -0.05) is 48.5 Å². The van der Waals surface area contributed by atoms with E-state index < -0.39 is 24.0 Å². The Kier molecular flexibility index (Phi) is 6.84. The number of rotatable bonds is 8. The molecule has 2 heterocycles. The van der Waals surface area contributed by atoms with E-state index in [2.05, 4.69) is 10.3 Å². The summed E-state index contributed by atoms with van der Waals surface area (Å²) in [6.07, 6.45) is 0.985. The molecule has 0 spiro atoms. The molecule has 0 saturated carbocycles. The van der Waals surface area contributed by atoms with E-state index in [-0.39, 0.29) is 13.4 Å². The van der Waals surface area contributed by atoms with Crippen LogP contribution in [0.2, 0.25) is 0 Å². The number of aryl methyl sites for hydroxylation is 1. The van der Waals surface area contributed by atoms with Gasteiger partial charge >= 0.3 is 12.0 Å². The molecule has 184 valence electrons. The molecule has 8 nitrogen and oxygen atoms in total. The van der Waals surface area contributed by atoms with Gasteiger partial charge in [0.2, 0.25) is 6.79 Å². The first-order chi connectivity index (χ1) is 17.6. The van der Waals surface area contributed by atoms with E-state index in [1.54, 1.807) is 7.11 Å². The molecule has 8 heteroatoms. The number of esters is 1. The van der Waals surface area contributed by atoms with Crippen molar-refractivity contribution in [1.29, 1.82) is 0 Å². The monoisotopic (exact) mass is 486 g/mol. The zero-order valence-electron chi connectivity index (χ0n) is 19.8. The van der Waals surface area contributed by atoms with Crippen LogP contribution in [0, 0.1) is 5.92 Å². The first-order valence-corrected chi connectivity index (χ1v) is 11.7. The third kappa shape index (κ3) is 5.17. The number of hydrogen-bond donors (Lipinski definition) is 1. The zero-order chi connectivity index (χ0) is 24.9. The van der Waals surface area contributed by atoms with E-state index in [9.17, 15) is 9.59 Å². The van der Waals surface area contributed by atoms with Crippen molar-refractivity contribution in [3.63, 3.8) is 0 Å². The van der Waals surface area contributed by atoms with E-state index >= 15 is 0 Å². The molecule has 2 unspecified atom stereocenters. The maximum Gasteiger partial charge on any atom is 0.341 e. The molecule has 0 radical (unpaired) electrons. The van der Waals surface area contributed by atoms with Gasteiger partial charge in [0, 0.05) is 5.71 Å². The average molecular weight is 487 g/mol. The van der Waals surface area contributed by atoms with E-state index in [1.165, 1.54) is 0 Å². The highest BCUT2D eigenvalue weighted by atomic mass is 16.7. The first kappa shape index (κ1) is 23.4. The maximum absolute atomic E-state index is 13.5. The lowest BCUT2D eigenvalue weighted by Crippen LogP contribution is -2.45. The fourth-order valence-corrected chi connectivity index (χ4v) is 4.44. The number of benzene rings is 3. The normalized spacial score (nSPS) is 18.2. The van der Waals surface area contributed by atoms with Crippen LogP contribution in [0.15, 0.2) is 77.8 Å². The Morgan fingerprint density at radius 2 is 1.81 bits per heavy atom. The van der Waals surface area contributed by atoms with Crippen molar-refractivity contribution in [1.82, 2.24) is 5.32 Å². The Morgan fingerprint density at radius 1 is 0.972 bits per heavy atom. The van der Waals surface area contributed by atoms with Gasteiger partial charge in [-0.3, -0.25) is 4.79 Å². The molecule has 2 aliphatic rings. The van der Waals surface area contributed by atoms with Gasteiger partial charge in [-0.25, -0.2) is 9.79 Å². The average Bonchev–Trinajstić information content (AvgIpc) is 3.39. The maximum atomic E-state index is 13.5. The van der Waals surface area contributed by atoms with Crippen molar-refractivity contribution in [3.8, 4) is 17.2 Å². The summed E-state index contributed by atoms with van der Waals surface area (Å²) >= 11 is 0. The molecule has 3 aromatic rings. The second-order valence-corrected chi connectivity index (χ2v) is 8.57. The van der Waals surface area contributed by atoms with Crippen LogP contribution in [0.3, 0.4) is 0 Å². The van der Waals surface area contributed by atoms with Crippen LogP contribution >= 0.6 is 0 Å².